The summed E-state index contributed by atoms with van der Waals surface area (Å²) < 4.78 is 5.46. The number of piperidine rings is 1. The van der Waals surface area contributed by atoms with Crippen molar-refractivity contribution in [3.8, 4) is 0 Å². The third-order valence-electron chi connectivity index (χ3n) is 4.94. The molecule has 1 unspecified atom stereocenters. The molecule has 3 heterocycles. The fourth-order valence-electron chi connectivity index (χ4n) is 3.86. The van der Waals surface area contributed by atoms with Gasteiger partial charge in [-0.15, -0.1) is 11.3 Å². The summed E-state index contributed by atoms with van der Waals surface area (Å²) in [6, 6.07) is 3.26. The highest BCUT2D eigenvalue weighted by atomic mass is 32.1. The van der Waals surface area contributed by atoms with E-state index in [0.29, 0.717) is 24.6 Å². The van der Waals surface area contributed by atoms with Gasteiger partial charge in [0.15, 0.2) is 0 Å². The summed E-state index contributed by atoms with van der Waals surface area (Å²) >= 11 is 1.47. The number of nitrogens with zero attached hydrogens (tertiary/aromatic N) is 1. The third-order valence-corrected chi connectivity index (χ3v) is 5.92. The van der Waals surface area contributed by atoms with Crippen molar-refractivity contribution in [3.05, 3.63) is 21.9 Å². The molecule has 2 amide bonds. The molecule has 0 saturated carbocycles. The van der Waals surface area contributed by atoms with Gasteiger partial charge in [0.1, 0.15) is 6.04 Å². The smallest absolute Gasteiger partial charge is 0.264 e. The number of carbonyl (C=O) groups is 2. The van der Waals surface area contributed by atoms with Crippen molar-refractivity contribution < 1.29 is 14.3 Å². The van der Waals surface area contributed by atoms with Crippen molar-refractivity contribution in [1.29, 1.82) is 0 Å². The maximum atomic E-state index is 12.9. The predicted octanol–water partition coefficient (Wildman–Crippen LogP) is 1.94. The van der Waals surface area contributed by atoms with E-state index < -0.39 is 6.04 Å². The second kappa shape index (κ2) is 6.01. The summed E-state index contributed by atoms with van der Waals surface area (Å²) in [5.41, 5.74) is 5.51. The fraction of sp³-hybridized carbons (Fsp3) is 0.625. The lowest BCUT2D eigenvalue weighted by Crippen LogP contribution is -2.61. The van der Waals surface area contributed by atoms with E-state index in [1.807, 2.05) is 19.1 Å². The zero-order chi connectivity index (χ0) is 15.7. The SMILES string of the molecule is Cc1ccc(C(=O)N2CCCC3(CCOCC3)C2C(N)=O)s1. The molecular weight excluding hydrogens is 300 g/mol. The van der Waals surface area contributed by atoms with Crippen LogP contribution in [0.2, 0.25) is 0 Å². The lowest BCUT2D eigenvalue weighted by atomic mass is 9.67. The van der Waals surface area contributed by atoms with Gasteiger partial charge < -0.3 is 15.4 Å². The minimum atomic E-state index is -0.514. The monoisotopic (exact) mass is 322 g/mol. The maximum Gasteiger partial charge on any atom is 0.264 e. The van der Waals surface area contributed by atoms with Crippen LogP contribution in [-0.2, 0) is 9.53 Å². The van der Waals surface area contributed by atoms with Crippen LogP contribution in [0, 0.1) is 12.3 Å². The number of amides is 2. The van der Waals surface area contributed by atoms with Gasteiger partial charge in [0.05, 0.1) is 4.88 Å². The molecule has 120 valence electrons. The standard InChI is InChI=1S/C16H22N2O3S/c1-11-3-4-12(22-11)15(20)18-8-2-5-16(13(18)14(17)19)6-9-21-10-7-16/h3-4,13H,2,5-10H2,1H3,(H2,17,19). The first kappa shape index (κ1) is 15.5. The molecule has 0 radical (unpaired) electrons. The molecule has 2 fully saturated rings. The Morgan fingerprint density at radius 1 is 1.32 bits per heavy atom. The van der Waals surface area contributed by atoms with Crippen LogP contribution < -0.4 is 5.73 Å². The molecule has 1 aromatic heterocycles. The second-order valence-corrected chi connectivity index (χ2v) is 7.58. The number of rotatable bonds is 2. The number of primary amides is 1. The topological polar surface area (TPSA) is 72.6 Å². The highest BCUT2D eigenvalue weighted by Gasteiger charge is 2.50. The lowest BCUT2D eigenvalue weighted by molar-refractivity contribution is -0.134. The van der Waals surface area contributed by atoms with E-state index in [4.69, 9.17) is 10.5 Å². The molecule has 1 aromatic rings. The average Bonchev–Trinajstić information content (AvgIpc) is 2.93. The number of hydrogen-bond donors (Lipinski definition) is 1. The quantitative estimate of drug-likeness (QED) is 0.904. The summed E-state index contributed by atoms with van der Waals surface area (Å²) in [5, 5.41) is 0. The number of aryl methyl sites for hydroxylation is 1. The van der Waals surface area contributed by atoms with Crippen LogP contribution in [0.5, 0.6) is 0 Å². The first-order valence-corrected chi connectivity index (χ1v) is 8.60. The zero-order valence-electron chi connectivity index (χ0n) is 12.8. The number of nitrogens with two attached hydrogens (primary N) is 1. The summed E-state index contributed by atoms with van der Waals surface area (Å²) in [4.78, 5) is 28.5. The highest BCUT2D eigenvalue weighted by molar-refractivity contribution is 7.13. The molecule has 0 bridgehead atoms. The largest absolute Gasteiger partial charge is 0.381 e. The van der Waals surface area contributed by atoms with Crippen LogP contribution in [0.4, 0.5) is 0 Å². The Bertz CT molecular complexity index is 572. The Kier molecular flexibility index (Phi) is 4.23. The summed E-state index contributed by atoms with van der Waals surface area (Å²) in [6.45, 7) is 3.86. The molecule has 1 spiro atoms. The van der Waals surface area contributed by atoms with Gasteiger partial charge in [0.25, 0.3) is 5.91 Å². The van der Waals surface area contributed by atoms with Gasteiger partial charge in [0, 0.05) is 30.1 Å². The summed E-state index contributed by atoms with van der Waals surface area (Å²) in [7, 11) is 0. The number of thiophene rings is 1. The van der Waals surface area contributed by atoms with Crippen molar-refractivity contribution in [3.63, 3.8) is 0 Å². The predicted molar refractivity (Wildman–Crippen MR) is 84.8 cm³/mol. The molecule has 0 aromatic carbocycles. The van der Waals surface area contributed by atoms with Crippen LogP contribution in [0.25, 0.3) is 0 Å². The van der Waals surface area contributed by atoms with Gasteiger partial charge >= 0.3 is 0 Å². The molecule has 5 nitrogen and oxygen atoms in total. The molecule has 0 aliphatic carbocycles. The molecular formula is C16H22N2O3S. The van der Waals surface area contributed by atoms with Crippen LogP contribution >= 0.6 is 11.3 Å². The minimum absolute atomic E-state index is 0.0625. The molecule has 1 atom stereocenters. The number of hydrogen-bond acceptors (Lipinski definition) is 4. The molecule has 22 heavy (non-hydrogen) atoms. The molecule has 2 aliphatic heterocycles. The van der Waals surface area contributed by atoms with Crippen molar-refractivity contribution in [2.75, 3.05) is 19.8 Å². The fourth-order valence-corrected chi connectivity index (χ4v) is 4.69. The Hall–Kier alpha value is -1.40. The maximum absolute atomic E-state index is 12.9. The van der Waals surface area contributed by atoms with E-state index >= 15 is 0 Å². The molecule has 2 aliphatic rings. The minimum Gasteiger partial charge on any atom is -0.381 e. The number of carbonyl (C=O) groups excluding carboxylic acids is 2. The van der Waals surface area contributed by atoms with Crippen LogP contribution in [0.3, 0.4) is 0 Å². The second-order valence-electron chi connectivity index (χ2n) is 6.29. The highest BCUT2D eigenvalue weighted by Crippen LogP contribution is 2.44. The van der Waals surface area contributed by atoms with Gasteiger partial charge in [-0.2, -0.15) is 0 Å². The Morgan fingerprint density at radius 2 is 2.05 bits per heavy atom. The van der Waals surface area contributed by atoms with Crippen molar-refractivity contribution >= 4 is 23.2 Å². The normalized spacial score (nSPS) is 24.4. The van der Waals surface area contributed by atoms with Gasteiger partial charge in [-0.25, -0.2) is 0 Å². The first-order valence-electron chi connectivity index (χ1n) is 7.78. The zero-order valence-corrected chi connectivity index (χ0v) is 13.7. The van der Waals surface area contributed by atoms with Crippen LogP contribution in [-0.4, -0.2) is 42.5 Å². The van der Waals surface area contributed by atoms with Crippen molar-refractivity contribution in [1.82, 2.24) is 4.90 Å². The molecule has 3 rings (SSSR count). The van der Waals surface area contributed by atoms with Crippen LogP contribution in [0.15, 0.2) is 12.1 Å². The van der Waals surface area contributed by atoms with Crippen LogP contribution in [0.1, 0.15) is 40.2 Å². The van der Waals surface area contributed by atoms with E-state index in [0.717, 1.165) is 30.6 Å². The van der Waals surface area contributed by atoms with E-state index in [9.17, 15) is 9.59 Å². The number of likely N-dealkylation sites (tertiary alicyclic amines) is 1. The van der Waals surface area contributed by atoms with Gasteiger partial charge in [-0.05, 0) is 44.7 Å². The molecule has 6 heteroatoms. The Morgan fingerprint density at radius 3 is 2.64 bits per heavy atom. The van der Waals surface area contributed by atoms with Gasteiger partial charge in [-0.3, -0.25) is 9.59 Å². The molecule has 2 N–H and O–H groups in total. The average molecular weight is 322 g/mol. The van der Waals surface area contributed by atoms with E-state index in [1.54, 1.807) is 4.90 Å². The van der Waals surface area contributed by atoms with Crippen molar-refractivity contribution in [2.45, 2.75) is 38.6 Å². The summed E-state index contributed by atoms with van der Waals surface area (Å²) in [5.74, 6) is -0.448. The van der Waals surface area contributed by atoms with E-state index in [2.05, 4.69) is 0 Å². The Labute approximate surface area is 134 Å². The van der Waals surface area contributed by atoms with Crippen molar-refractivity contribution in [2.24, 2.45) is 11.1 Å². The Balaban J connectivity index is 1.91. The van der Waals surface area contributed by atoms with Gasteiger partial charge in [0.2, 0.25) is 5.91 Å². The lowest BCUT2D eigenvalue weighted by Gasteiger charge is -2.50. The van der Waals surface area contributed by atoms with Gasteiger partial charge in [-0.1, -0.05) is 0 Å². The number of ether oxygens (including phenoxy) is 1. The first-order chi connectivity index (χ1) is 10.5. The summed E-state index contributed by atoms with van der Waals surface area (Å²) in [6.07, 6.45) is 3.46. The molecule has 2 saturated heterocycles. The third kappa shape index (κ3) is 2.65. The van der Waals surface area contributed by atoms with E-state index in [-0.39, 0.29) is 17.2 Å². The van der Waals surface area contributed by atoms with E-state index in [1.165, 1.54) is 11.3 Å².